The van der Waals surface area contributed by atoms with Crippen molar-refractivity contribution in [3.05, 3.63) is 23.9 Å². The van der Waals surface area contributed by atoms with Crippen LogP contribution >= 0.6 is 0 Å². The molecule has 0 bridgehead atoms. The van der Waals surface area contributed by atoms with Gasteiger partial charge in [0.05, 0.1) is 11.8 Å². The summed E-state index contributed by atoms with van der Waals surface area (Å²) in [6.45, 7) is 4.37. The lowest BCUT2D eigenvalue weighted by Crippen LogP contribution is -2.18. The molecule has 1 heterocycles. The van der Waals surface area contributed by atoms with Crippen molar-refractivity contribution < 1.29 is 9.84 Å². The number of nitrogens with one attached hydrogen (secondary N) is 1. The van der Waals surface area contributed by atoms with Crippen LogP contribution in [0.4, 0.5) is 0 Å². The van der Waals surface area contributed by atoms with Gasteiger partial charge in [-0.1, -0.05) is 6.07 Å². The Balaban J connectivity index is 2.73. The molecule has 2 N–H and O–H groups in total. The number of pyridine rings is 1. The Morgan fingerprint density at radius 1 is 1.47 bits per heavy atom. The molecular formula is C11H18N2O2. The quantitative estimate of drug-likeness (QED) is 0.764. The third-order valence-electron chi connectivity index (χ3n) is 1.84. The van der Waals surface area contributed by atoms with E-state index in [1.54, 1.807) is 19.2 Å². The van der Waals surface area contributed by atoms with Gasteiger partial charge in [-0.2, -0.15) is 0 Å². The number of hydrogen-bond acceptors (Lipinski definition) is 4. The normalized spacial score (nSPS) is 12.9. The highest BCUT2D eigenvalue weighted by Gasteiger charge is 2.09. The molecule has 0 spiro atoms. The summed E-state index contributed by atoms with van der Waals surface area (Å²) >= 11 is 0. The van der Waals surface area contributed by atoms with Crippen LogP contribution in [0.1, 0.15) is 25.6 Å². The summed E-state index contributed by atoms with van der Waals surface area (Å²) < 4.78 is 5.44. The summed E-state index contributed by atoms with van der Waals surface area (Å²) in [7, 11) is 1.79. The van der Waals surface area contributed by atoms with Gasteiger partial charge >= 0.3 is 0 Å². The van der Waals surface area contributed by atoms with Gasteiger partial charge in [0.2, 0.25) is 5.88 Å². The molecule has 0 saturated carbocycles. The molecular weight excluding hydrogens is 192 g/mol. The van der Waals surface area contributed by atoms with Crippen LogP contribution in [0.15, 0.2) is 18.2 Å². The second-order valence-corrected chi connectivity index (χ2v) is 3.64. The van der Waals surface area contributed by atoms with Gasteiger partial charge in [0, 0.05) is 12.6 Å². The van der Waals surface area contributed by atoms with Gasteiger partial charge in [0.25, 0.3) is 0 Å². The van der Waals surface area contributed by atoms with E-state index in [9.17, 15) is 5.11 Å². The first-order valence-corrected chi connectivity index (χ1v) is 5.09. The number of likely N-dealkylation sites (N-methyl/N-ethyl adjacent to an activating group) is 1. The summed E-state index contributed by atoms with van der Waals surface area (Å²) in [5, 5.41) is 12.6. The van der Waals surface area contributed by atoms with Crippen LogP contribution in [0, 0.1) is 0 Å². The van der Waals surface area contributed by atoms with Gasteiger partial charge in [0.15, 0.2) is 0 Å². The van der Waals surface area contributed by atoms with Crippen molar-refractivity contribution in [1.82, 2.24) is 10.3 Å². The number of aromatic nitrogens is 1. The second kappa shape index (κ2) is 5.68. The lowest BCUT2D eigenvalue weighted by Gasteiger charge is -2.12. The fourth-order valence-electron chi connectivity index (χ4n) is 1.22. The maximum Gasteiger partial charge on any atom is 0.213 e. The smallest absolute Gasteiger partial charge is 0.213 e. The van der Waals surface area contributed by atoms with Crippen LogP contribution in [0.5, 0.6) is 5.88 Å². The van der Waals surface area contributed by atoms with Crippen molar-refractivity contribution in [3.8, 4) is 5.88 Å². The summed E-state index contributed by atoms with van der Waals surface area (Å²) in [6, 6.07) is 5.41. The van der Waals surface area contributed by atoms with Crippen molar-refractivity contribution in [3.63, 3.8) is 0 Å². The Kier molecular flexibility index (Phi) is 4.52. The molecule has 1 unspecified atom stereocenters. The predicted molar refractivity (Wildman–Crippen MR) is 58.9 cm³/mol. The molecule has 0 aliphatic heterocycles. The topological polar surface area (TPSA) is 54.4 Å². The molecule has 0 radical (unpaired) electrons. The Hall–Kier alpha value is -1.13. The third kappa shape index (κ3) is 3.85. The highest BCUT2D eigenvalue weighted by atomic mass is 16.5. The van der Waals surface area contributed by atoms with Gasteiger partial charge in [-0.25, -0.2) is 4.98 Å². The standard InChI is InChI=1S/C11H18N2O2/c1-8(2)15-11-6-4-5-9(13-11)10(14)7-12-3/h4-6,8,10,12,14H,7H2,1-3H3. The zero-order valence-electron chi connectivity index (χ0n) is 9.40. The maximum absolute atomic E-state index is 9.70. The SMILES string of the molecule is CNCC(O)c1cccc(OC(C)C)n1. The Morgan fingerprint density at radius 2 is 2.20 bits per heavy atom. The molecule has 0 aliphatic rings. The molecule has 0 aliphatic carbocycles. The van der Waals surface area contributed by atoms with E-state index in [1.807, 2.05) is 19.9 Å². The van der Waals surface area contributed by atoms with Crippen LogP contribution in [-0.2, 0) is 0 Å². The first-order valence-electron chi connectivity index (χ1n) is 5.09. The molecule has 1 atom stereocenters. The number of nitrogens with zero attached hydrogens (tertiary/aromatic N) is 1. The van der Waals surface area contributed by atoms with Crippen LogP contribution in [0.25, 0.3) is 0 Å². The van der Waals surface area contributed by atoms with E-state index < -0.39 is 6.10 Å². The van der Waals surface area contributed by atoms with E-state index in [1.165, 1.54) is 0 Å². The van der Waals surface area contributed by atoms with Gasteiger partial charge < -0.3 is 15.2 Å². The van der Waals surface area contributed by atoms with Crippen molar-refractivity contribution in [2.75, 3.05) is 13.6 Å². The van der Waals surface area contributed by atoms with E-state index in [4.69, 9.17) is 4.74 Å². The number of aliphatic hydroxyl groups excluding tert-OH is 1. The number of hydrogen-bond donors (Lipinski definition) is 2. The van der Waals surface area contributed by atoms with Crippen LogP contribution < -0.4 is 10.1 Å². The maximum atomic E-state index is 9.70. The Morgan fingerprint density at radius 3 is 2.80 bits per heavy atom. The molecule has 1 aromatic heterocycles. The molecule has 0 amide bonds. The number of rotatable bonds is 5. The minimum Gasteiger partial charge on any atom is -0.475 e. The van der Waals surface area contributed by atoms with E-state index in [0.717, 1.165) is 0 Å². The Bertz CT molecular complexity index is 302. The van der Waals surface area contributed by atoms with E-state index in [2.05, 4.69) is 10.3 Å². The molecule has 84 valence electrons. The molecule has 0 fully saturated rings. The molecule has 15 heavy (non-hydrogen) atoms. The fraction of sp³-hybridized carbons (Fsp3) is 0.545. The minimum atomic E-state index is -0.592. The van der Waals surface area contributed by atoms with Gasteiger partial charge in [-0.3, -0.25) is 0 Å². The molecule has 0 saturated heterocycles. The average molecular weight is 210 g/mol. The van der Waals surface area contributed by atoms with Gasteiger partial charge in [-0.05, 0) is 27.0 Å². The summed E-state index contributed by atoms with van der Waals surface area (Å²) in [4.78, 5) is 4.22. The van der Waals surface area contributed by atoms with Crippen molar-refractivity contribution in [2.45, 2.75) is 26.1 Å². The zero-order valence-corrected chi connectivity index (χ0v) is 9.40. The lowest BCUT2D eigenvalue weighted by atomic mass is 10.2. The number of aliphatic hydroxyl groups is 1. The summed E-state index contributed by atoms with van der Waals surface area (Å²) in [6.07, 6.45) is -0.500. The van der Waals surface area contributed by atoms with Gasteiger partial charge in [0.1, 0.15) is 6.10 Å². The van der Waals surface area contributed by atoms with Crippen LogP contribution in [-0.4, -0.2) is 29.8 Å². The molecule has 0 aromatic carbocycles. The molecule has 4 nitrogen and oxygen atoms in total. The van der Waals surface area contributed by atoms with E-state index >= 15 is 0 Å². The van der Waals surface area contributed by atoms with E-state index in [0.29, 0.717) is 18.1 Å². The average Bonchev–Trinajstić information content (AvgIpc) is 2.17. The second-order valence-electron chi connectivity index (χ2n) is 3.64. The molecule has 4 heteroatoms. The predicted octanol–water partition coefficient (Wildman–Crippen LogP) is 1.12. The summed E-state index contributed by atoms with van der Waals surface area (Å²) in [5.41, 5.74) is 0.627. The minimum absolute atomic E-state index is 0.0918. The lowest BCUT2D eigenvalue weighted by molar-refractivity contribution is 0.169. The van der Waals surface area contributed by atoms with E-state index in [-0.39, 0.29) is 6.10 Å². The van der Waals surface area contributed by atoms with Crippen LogP contribution in [0.3, 0.4) is 0 Å². The van der Waals surface area contributed by atoms with Crippen molar-refractivity contribution >= 4 is 0 Å². The highest BCUT2D eigenvalue weighted by Crippen LogP contribution is 2.14. The highest BCUT2D eigenvalue weighted by molar-refractivity contribution is 5.17. The fourth-order valence-corrected chi connectivity index (χ4v) is 1.22. The van der Waals surface area contributed by atoms with Gasteiger partial charge in [-0.15, -0.1) is 0 Å². The third-order valence-corrected chi connectivity index (χ3v) is 1.84. The first kappa shape index (κ1) is 11.9. The monoisotopic (exact) mass is 210 g/mol. The first-order chi connectivity index (χ1) is 7.13. The number of ether oxygens (including phenoxy) is 1. The Labute approximate surface area is 90.3 Å². The summed E-state index contributed by atoms with van der Waals surface area (Å²) in [5.74, 6) is 0.553. The van der Waals surface area contributed by atoms with Crippen LogP contribution in [0.2, 0.25) is 0 Å². The van der Waals surface area contributed by atoms with Crippen molar-refractivity contribution in [1.29, 1.82) is 0 Å². The van der Waals surface area contributed by atoms with Crippen molar-refractivity contribution in [2.24, 2.45) is 0 Å². The largest absolute Gasteiger partial charge is 0.475 e. The zero-order chi connectivity index (χ0) is 11.3. The molecule has 1 rings (SSSR count). The molecule has 1 aromatic rings.